The summed E-state index contributed by atoms with van der Waals surface area (Å²) in [6.07, 6.45) is 2.56. The minimum atomic E-state index is -0.278. The molecule has 110 valence electrons. The molecule has 0 unspecified atom stereocenters. The first-order chi connectivity index (χ1) is 10.1. The molecule has 1 aliphatic carbocycles. The van der Waals surface area contributed by atoms with Crippen molar-refractivity contribution >= 4 is 28.8 Å². The number of rotatable bonds is 5. The Kier molecular flexibility index (Phi) is 3.97. The third-order valence-corrected chi connectivity index (χ3v) is 4.77. The summed E-state index contributed by atoms with van der Waals surface area (Å²) in [5.41, 5.74) is 6.75. The van der Waals surface area contributed by atoms with Crippen molar-refractivity contribution in [3.63, 3.8) is 0 Å². The molecule has 4 nitrogen and oxygen atoms in total. The number of carbonyl (C=O) groups excluding carboxylic acids is 1. The van der Waals surface area contributed by atoms with Crippen molar-refractivity contribution in [2.24, 2.45) is 5.73 Å². The maximum absolute atomic E-state index is 12.3. The second kappa shape index (κ2) is 5.75. The molecule has 0 spiro atoms. The van der Waals surface area contributed by atoms with Gasteiger partial charge in [0.1, 0.15) is 5.69 Å². The Hall–Kier alpha value is -1.43. The van der Waals surface area contributed by atoms with Crippen LogP contribution in [0.1, 0.15) is 33.9 Å². The summed E-state index contributed by atoms with van der Waals surface area (Å²) >= 11 is 7.51. The number of nitrogens with zero attached hydrogens (tertiary/aromatic N) is 1. The van der Waals surface area contributed by atoms with E-state index in [-0.39, 0.29) is 11.4 Å². The van der Waals surface area contributed by atoms with E-state index in [1.807, 2.05) is 24.3 Å². The zero-order valence-corrected chi connectivity index (χ0v) is 13.0. The van der Waals surface area contributed by atoms with Gasteiger partial charge in [0.15, 0.2) is 0 Å². The molecule has 1 amide bonds. The van der Waals surface area contributed by atoms with Crippen LogP contribution in [0.3, 0.4) is 0 Å². The van der Waals surface area contributed by atoms with Crippen molar-refractivity contribution in [1.29, 1.82) is 0 Å². The first-order valence-electron chi connectivity index (χ1n) is 6.86. The van der Waals surface area contributed by atoms with E-state index in [4.69, 9.17) is 17.3 Å². The van der Waals surface area contributed by atoms with Gasteiger partial charge in [0.25, 0.3) is 5.91 Å². The molecule has 1 aliphatic rings. The number of hydrogen-bond donors (Lipinski definition) is 2. The number of nitrogens with two attached hydrogens (primary N) is 1. The van der Waals surface area contributed by atoms with E-state index >= 15 is 0 Å². The smallest absolute Gasteiger partial charge is 0.271 e. The molecule has 0 radical (unpaired) electrons. The van der Waals surface area contributed by atoms with Gasteiger partial charge in [0, 0.05) is 16.8 Å². The highest BCUT2D eigenvalue weighted by atomic mass is 35.5. The van der Waals surface area contributed by atoms with Crippen LogP contribution in [0.25, 0.3) is 0 Å². The molecule has 1 aromatic carbocycles. The van der Waals surface area contributed by atoms with Gasteiger partial charge in [0.05, 0.1) is 10.5 Å². The fourth-order valence-electron chi connectivity index (χ4n) is 2.33. The summed E-state index contributed by atoms with van der Waals surface area (Å²) in [7, 11) is 0. The van der Waals surface area contributed by atoms with Gasteiger partial charge < -0.3 is 11.1 Å². The van der Waals surface area contributed by atoms with Gasteiger partial charge in [-0.05, 0) is 37.1 Å². The Balaban J connectivity index is 1.74. The first-order valence-corrected chi connectivity index (χ1v) is 8.12. The molecular formula is C15H16ClN3OS. The Morgan fingerprint density at radius 2 is 2.29 bits per heavy atom. The highest BCUT2D eigenvalue weighted by Crippen LogP contribution is 2.46. The quantitative estimate of drug-likeness (QED) is 0.889. The lowest BCUT2D eigenvalue weighted by Crippen LogP contribution is -2.35. The summed E-state index contributed by atoms with van der Waals surface area (Å²) in [6, 6.07) is 7.66. The van der Waals surface area contributed by atoms with E-state index in [9.17, 15) is 4.79 Å². The molecule has 6 heteroatoms. The van der Waals surface area contributed by atoms with Crippen LogP contribution in [0, 0.1) is 0 Å². The van der Waals surface area contributed by atoms with Crippen LogP contribution >= 0.6 is 22.9 Å². The van der Waals surface area contributed by atoms with Gasteiger partial charge in [-0.2, -0.15) is 0 Å². The third-order valence-electron chi connectivity index (χ3n) is 3.62. The lowest BCUT2D eigenvalue weighted by atomic mass is 10.0. The monoisotopic (exact) mass is 321 g/mol. The third kappa shape index (κ3) is 3.10. The average molecular weight is 322 g/mol. The van der Waals surface area contributed by atoms with E-state index < -0.39 is 0 Å². The van der Waals surface area contributed by atoms with Gasteiger partial charge in [-0.15, -0.1) is 11.3 Å². The summed E-state index contributed by atoms with van der Waals surface area (Å²) in [4.78, 5) is 16.7. The molecule has 2 aromatic rings. The lowest BCUT2D eigenvalue weighted by Gasteiger charge is -2.17. The summed E-state index contributed by atoms with van der Waals surface area (Å²) in [5.74, 6) is -0.132. The van der Waals surface area contributed by atoms with Gasteiger partial charge in [-0.1, -0.05) is 23.7 Å². The number of aromatic nitrogens is 1. The number of hydrogen-bond acceptors (Lipinski definition) is 4. The fraction of sp³-hybridized carbons (Fsp3) is 0.333. The minimum Gasteiger partial charge on any atom is -0.341 e. The summed E-state index contributed by atoms with van der Waals surface area (Å²) in [5, 5.41) is 6.47. The lowest BCUT2D eigenvalue weighted by molar-refractivity contribution is 0.0926. The van der Waals surface area contributed by atoms with E-state index in [2.05, 4.69) is 10.3 Å². The molecular weight excluding hydrogens is 306 g/mol. The average Bonchev–Trinajstić information content (AvgIpc) is 3.09. The molecule has 21 heavy (non-hydrogen) atoms. The minimum absolute atomic E-state index is 0.132. The predicted octanol–water partition coefficient (Wildman–Crippen LogP) is 2.72. The normalized spacial score (nSPS) is 15.7. The van der Waals surface area contributed by atoms with Crippen molar-refractivity contribution in [2.45, 2.75) is 24.8 Å². The molecule has 0 saturated heterocycles. The topological polar surface area (TPSA) is 68.0 Å². The standard InChI is InChI=1S/C15H16ClN3OS/c16-11-3-1-2-10(8-11)15(5-6-15)19-14(20)12-9-21-13(18-12)4-7-17/h1-3,8-9H,4-7,17H2,(H,19,20). The summed E-state index contributed by atoms with van der Waals surface area (Å²) < 4.78 is 0. The molecule has 1 saturated carbocycles. The van der Waals surface area contributed by atoms with Crippen LogP contribution in [0.4, 0.5) is 0 Å². The van der Waals surface area contributed by atoms with Crippen LogP contribution < -0.4 is 11.1 Å². The zero-order valence-electron chi connectivity index (χ0n) is 11.4. The SMILES string of the molecule is NCCc1nc(C(=O)NC2(c3cccc(Cl)c3)CC2)cs1. The van der Waals surface area contributed by atoms with E-state index in [0.29, 0.717) is 23.7 Å². The van der Waals surface area contributed by atoms with Crippen LogP contribution in [-0.2, 0) is 12.0 Å². The molecule has 1 fully saturated rings. The molecule has 0 atom stereocenters. The second-order valence-electron chi connectivity index (χ2n) is 5.21. The Morgan fingerprint density at radius 1 is 1.48 bits per heavy atom. The highest BCUT2D eigenvalue weighted by molar-refractivity contribution is 7.09. The van der Waals surface area contributed by atoms with Gasteiger partial charge in [-0.25, -0.2) is 4.98 Å². The first kappa shape index (κ1) is 14.5. The molecule has 3 rings (SSSR count). The number of carbonyl (C=O) groups is 1. The number of thiazole rings is 1. The fourth-order valence-corrected chi connectivity index (χ4v) is 3.32. The summed E-state index contributed by atoms with van der Waals surface area (Å²) in [6.45, 7) is 0.543. The molecule has 0 aliphatic heterocycles. The number of halogens is 1. The number of amides is 1. The molecule has 1 aromatic heterocycles. The molecule has 1 heterocycles. The highest BCUT2D eigenvalue weighted by Gasteiger charge is 2.46. The Morgan fingerprint density at radius 3 is 2.95 bits per heavy atom. The Bertz CT molecular complexity index is 666. The second-order valence-corrected chi connectivity index (χ2v) is 6.59. The van der Waals surface area contributed by atoms with Crippen LogP contribution in [0.2, 0.25) is 5.02 Å². The van der Waals surface area contributed by atoms with Crippen LogP contribution in [-0.4, -0.2) is 17.4 Å². The van der Waals surface area contributed by atoms with Crippen LogP contribution in [0.15, 0.2) is 29.6 Å². The van der Waals surface area contributed by atoms with Gasteiger partial charge in [0.2, 0.25) is 0 Å². The van der Waals surface area contributed by atoms with Crippen molar-refractivity contribution < 1.29 is 4.79 Å². The van der Waals surface area contributed by atoms with E-state index in [1.165, 1.54) is 11.3 Å². The maximum atomic E-state index is 12.3. The van der Waals surface area contributed by atoms with E-state index in [0.717, 1.165) is 23.4 Å². The van der Waals surface area contributed by atoms with E-state index in [1.54, 1.807) is 5.38 Å². The maximum Gasteiger partial charge on any atom is 0.271 e. The number of benzene rings is 1. The Labute approximate surface area is 132 Å². The van der Waals surface area contributed by atoms with Crippen molar-refractivity contribution in [3.05, 3.63) is 50.9 Å². The zero-order chi connectivity index (χ0) is 14.9. The number of nitrogens with one attached hydrogen (secondary N) is 1. The van der Waals surface area contributed by atoms with Gasteiger partial charge in [-0.3, -0.25) is 4.79 Å². The largest absolute Gasteiger partial charge is 0.341 e. The van der Waals surface area contributed by atoms with Gasteiger partial charge >= 0.3 is 0 Å². The molecule has 0 bridgehead atoms. The van der Waals surface area contributed by atoms with Crippen molar-refractivity contribution in [2.75, 3.05) is 6.54 Å². The van der Waals surface area contributed by atoms with Crippen molar-refractivity contribution in [3.8, 4) is 0 Å². The van der Waals surface area contributed by atoms with Crippen molar-refractivity contribution in [1.82, 2.24) is 10.3 Å². The molecule has 3 N–H and O–H groups in total. The predicted molar refractivity (Wildman–Crippen MR) is 84.7 cm³/mol. The van der Waals surface area contributed by atoms with Crippen LogP contribution in [0.5, 0.6) is 0 Å².